The van der Waals surface area contributed by atoms with Crippen molar-refractivity contribution in [1.29, 1.82) is 0 Å². The molecule has 0 spiro atoms. The second-order valence-electron chi connectivity index (χ2n) is 10.0. The number of carbonyl (C=O) groups excluding carboxylic acids is 1. The number of primary amides is 1. The van der Waals surface area contributed by atoms with E-state index in [-0.39, 0.29) is 11.3 Å². The van der Waals surface area contributed by atoms with Crippen molar-refractivity contribution >= 4 is 22.9 Å². The van der Waals surface area contributed by atoms with Gasteiger partial charge in [0.1, 0.15) is 22.9 Å². The number of aromatic hydroxyl groups is 1. The van der Waals surface area contributed by atoms with Gasteiger partial charge in [-0.15, -0.1) is 11.3 Å². The molecule has 1 saturated carbocycles. The smallest absolute Gasteiger partial charge is 0.252 e. The maximum absolute atomic E-state index is 12.0. The molecule has 208 valence electrons. The highest BCUT2D eigenvalue weighted by molar-refractivity contribution is 7.07. The molecular formula is C32H35N3O4S. The van der Waals surface area contributed by atoms with Crippen LogP contribution >= 0.6 is 11.3 Å². The van der Waals surface area contributed by atoms with E-state index in [1.807, 2.05) is 44.2 Å². The number of benzene rings is 3. The van der Waals surface area contributed by atoms with E-state index >= 15 is 0 Å². The van der Waals surface area contributed by atoms with Gasteiger partial charge in [-0.1, -0.05) is 30.3 Å². The lowest BCUT2D eigenvalue weighted by molar-refractivity contribution is 0.0998. The molecule has 1 unspecified atom stereocenters. The van der Waals surface area contributed by atoms with Crippen molar-refractivity contribution in [1.82, 2.24) is 4.57 Å². The summed E-state index contributed by atoms with van der Waals surface area (Å²) in [6, 6.07) is 21.3. The van der Waals surface area contributed by atoms with Crippen molar-refractivity contribution in [3.05, 3.63) is 88.0 Å². The van der Waals surface area contributed by atoms with E-state index in [9.17, 15) is 9.90 Å². The van der Waals surface area contributed by atoms with Crippen LogP contribution in [0, 0.1) is 11.8 Å². The summed E-state index contributed by atoms with van der Waals surface area (Å²) < 4.78 is 13.9. The van der Waals surface area contributed by atoms with Crippen molar-refractivity contribution in [2.24, 2.45) is 22.6 Å². The number of aromatic nitrogens is 1. The van der Waals surface area contributed by atoms with Crippen LogP contribution in [0.3, 0.4) is 0 Å². The van der Waals surface area contributed by atoms with Gasteiger partial charge in [0.2, 0.25) is 0 Å². The van der Waals surface area contributed by atoms with E-state index < -0.39 is 5.91 Å². The fourth-order valence-electron chi connectivity index (χ4n) is 5.04. The standard InChI is InChI=1S/C32H35N3O4S/c1-3-38-25-13-15-30(39-4-2)27(18-25)34-32-35(19-24(22-10-11-22)16-21-8-6-5-7-9-21)28(20-40-32)23-12-14-29(36)26(17-23)31(33)37/h5-9,12-15,17-18,20,22,24,36H,3-4,10-11,16,19H2,1-2H3,(H2,33,37). The Morgan fingerprint density at radius 1 is 1.07 bits per heavy atom. The Balaban J connectivity index is 1.63. The Kier molecular flexibility index (Phi) is 8.55. The zero-order chi connectivity index (χ0) is 28.1. The Hall–Kier alpha value is -4.04. The fourth-order valence-corrected chi connectivity index (χ4v) is 5.97. The highest BCUT2D eigenvalue weighted by atomic mass is 32.1. The summed E-state index contributed by atoms with van der Waals surface area (Å²) in [4.78, 5) is 17.9. The molecule has 1 atom stereocenters. The molecule has 3 aromatic carbocycles. The molecule has 0 saturated heterocycles. The summed E-state index contributed by atoms with van der Waals surface area (Å²) in [7, 11) is 0. The van der Waals surface area contributed by atoms with Crippen molar-refractivity contribution in [3.8, 4) is 28.5 Å². The number of amides is 1. The number of phenols is 1. The van der Waals surface area contributed by atoms with Crippen molar-refractivity contribution in [2.45, 2.75) is 39.7 Å². The summed E-state index contributed by atoms with van der Waals surface area (Å²) in [5, 5.41) is 12.3. The monoisotopic (exact) mass is 557 g/mol. The number of nitrogens with two attached hydrogens (primary N) is 1. The van der Waals surface area contributed by atoms with Crippen LogP contribution in [0.15, 0.2) is 77.1 Å². The quantitative estimate of drug-likeness (QED) is 0.213. The van der Waals surface area contributed by atoms with Gasteiger partial charge in [0, 0.05) is 23.6 Å². The third kappa shape index (κ3) is 6.39. The molecule has 7 nitrogen and oxygen atoms in total. The third-order valence-corrected chi connectivity index (χ3v) is 8.02. The number of thiazole rings is 1. The molecule has 0 bridgehead atoms. The average Bonchev–Trinajstić information content (AvgIpc) is 3.73. The molecule has 0 radical (unpaired) electrons. The second kappa shape index (κ2) is 12.4. The van der Waals surface area contributed by atoms with Gasteiger partial charge in [0.15, 0.2) is 4.80 Å². The first-order valence-electron chi connectivity index (χ1n) is 13.8. The molecule has 3 N–H and O–H groups in total. The van der Waals surface area contributed by atoms with E-state index in [1.165, 1.54) is 35.8 Å². The molecule has 1 fully saturated rings. The van der Waals surface area contributed by atoms with Crippen LogP contribution in [0.2, 0.25) is 0 Å². The number of rotatable bonds is 12. The summed E-state index contributed by atoms with van der Waals surface area (Å²) in [6.45, 7) is 5.75. The lowest BCUT2D eigenvalue weighted by Crippen LogP contribution is -2.24. The largest absolute Gasteiger partial charge is 0.507 e. The second-order valence-corrected chi connectivity index (χ2v) is 10.8. The molecule has 5 rings (SSSR count). The highest BCUT2D eigenvalue weighted by Gasteiger charge is 2.32. The molecule has 1 heterocycles. The zero-order valence-electron chi connectivity index (χ0n) is 22.9. The van der Waals surface area contributed by atoms with Crippen LogP contribution < -0.4 is 20.0 Å². The van der Waals surface area contributed by atoms with Crippen molar-refractivity contribution in [3.63, 3.8) is 0 Å². The van der Waals surface area contributed by atoms with E-state index in [4.69, 9.17) is 20.2 Å². The first kappa shape index (κ1) is 27.5. The molecule has 0 aliphatic heterocycles. The number of hydrogen-bond acceptors (Lipinski definition) is 6. The zero-order valence-corrected chi connectivity index (χ0v) is 23.7. The van der Waals surface area contributed by atoms with Crippen LogP contribution in [-0.4, -0.2) is 28.8 Å². The predicted octanol–water partition coefficient (Wildman–Crippen LogP) is 6.32. The molecular weight excluding hydrogens is 522 g/mol. The molecule has 1 aromatic heterocycles. The van der Waals surface area contributed by atoms with Crippen LogP contribution in [0.5, 0.6) is 17.2 Å². The van der Waals surface area contributed by atoms with Gasteiger partial charge in [0.25, 0.3) is 5.91 Å². The first-order chi connectivity index (χ1) is 19.5. The lowest BCUT2D eigenvalue weighted by atomic mass is 9.94. The van der Waals surface area contributed by atoms with Crippen LogP contribution in [0.25, 0.3) is 11.3 Å². The minimum atomic E-state index is -0.667. The van der Waals surface area contributed by atoms with E-state index in [1.54, 1.807) is 6.07 Å². The van der Waals surface area contributed by atoms with Crippen LogP contribution in [0.1, 0.15) is 42.6 Å². The molecule has 1 amide bonds. The van der Waals surface area contributed by atoms with Gasteiger partial charge in [-0.2, -0.15) is 0 Å². The Labute approximate surface area is 238 Å². The molecule has 8 heteroatoms. The maximum Gasteiger partial charge on any atom is 0.252 e. The summed E-state index contributed by atoms with van der Waals surface area (Å²) in [6.07, 6.45) is 3.42. The van der Waals surface area contributed by atoms with Gasteiger partial charge in [-0.3, -0.25) is 4.79 Å². The van der Waals surface area contributed by atoms with E-state index in [2.05, 4.69) is 34.2 Å². The number of nitrogens with zero attached hydrogens (tertiary/aromatic N) is 2. The molecule has 40 heavy (non-hydrogen) atoms. The van der Waals surface area contributed by atoms with Crippen molar-refractivity contribution in [2.75, 3.05) is 13.2 Å². The Bertz CT molecular complexity index is 1540. The Morgan fingerprint density at radius 2 is 1.85 bits per heavy atom. The highest BCUT2D eigenvalue weighted by Crippen LogP contribution is 2.40. The maximum atomic E-state index is 12.0. The number of hydrogen-bond donors (Lipinski definition) is 2. The van der Waals surface area contributed by atoms with E-state index in [0.717, 1.165) is 34.8 Å². The van der Waals surface area contributed by atoms with Crippen molar-refractivity contribution < 1.29 is 19.4 Å². The SMILES string of the molecule is CCOc1ccc(OCC)c(N=c2scc(-c3ccc(O)c(C(N)=O)c3)n2CC(Cc2ccccc2)C2CC2)c1. The predicted molar refractivity (Wildman–Crippen MR) is 158 cm³/mol. The third-order valence-electron chi connectivity index (χ3n) is 7.16. The molecule has 1 aliphatic carbocycles. The van der Waals surface area contributed by atoms with Gasteiger partial charge in [-0.25, -0.2) is 4.99 Å². The van der Waals surface area contributed by atoms with E-state index in [0.29, 0.717) is 36.5 Å². The fraction of sp³-hybridized carbons (Fsp3) is 0.312. The minimum Gasteiger partial charge on any atom is -0.507 e. The molecule has 1 aliphatic rings. The Morgan fingerprint density at radius 3 is 2.55 bits per heavy atom. The van der Waals surface area contributed by atoms with Crippen LogP contribution in [-0.2, 0) is 13.0 Å². The summed E-state index contributed by atoms with van der Waals surface area (Å²) in [5.41, 5.74) is 9.39. The van der Waals surface area contributed by atoms with Gasteiger partial charge in [0.05, 0.1) is 24.5 Å². The molecule has 4 aromatic rings. The lowest BCUT2D eigenvalue weighted by Gasteiger charge is -2.20. The van der Waals surface area contributed by atoms with Gasteiger partial charge in [-0.05, 0) is 80.8 Å². The van der Waals surface area contributed by atoms with Crippen LogP contribution in [0.4, 0.5) is 5.69 Å². The van der Waals surface area contributed by atoms with Gasteiger partial charge < -0.3 is 24.9 Å². The van der Waals surface area contributed by atoms with Gasteiger partial charge >= 0.3 is 0 Å². The number of carbonyl (C=O) groups is 1. The summed E-state index contributed by atoms with van der Waals surface area (Å²) in [5.74, 6) is 1.70. The minimum absolute atomic E-state index is 0.0971. The topological polar surface area (TPSA) is 99.1 Å². The summed E-state index contributed by atoms with van der Waals surface area (Å²) >= 11 is 1.53. The normalized spacial score (nSPS) is 14.2. The first-order valence-corrected chi connectivity index (χ1v) is 14.6. The average molecular weight is 558 g/mol. The number of ether oxygens (including phenoxy) is 2.